The Morgan fingerprint density at radius 3 is 2.47 bits per heavy atom. The van der Waals surface area contributed by atoms with Gasteiger partial charge < -0.3 is 19.3 Å². The number of rotatable bonds is 5. The fourth-order valence-corrected chi connectivity index (χ4v) is 5.72. The molecule has 0 aromatic heterocycles. The van der Waals surface area contributed by atoms with E-state index >= 15 is 0 Å². The number of anilines is 1. The first-order valence-corrected chi connectivity index (χ1v) is 13.0. The highest BCUT2D eigenvalue weighted by Gasteiger charge is 2.45. The number of carboxylic acid groups (broad SMARTS) is 1. The molecule has 3 aliphatic heterocycles. The number of fused-ring (bicyclic) bond motifs is 2. The van der Waals surface area contributed by atoms with Gasteiger partial charge in [-0.1, -0.05) is 41.9 Å². The number of hydrogen-bond acceptors (Lipinski definition) is 6. The average molecular weight is 535 g/mol. The van der Waals surface area contributed by atoms with Crippen LogP contribution in [0.1, 0.15) is 39.0 Å². The van der Waals surface area contributed by atoms with Crippen LogP contribution >= 0.6 is 11.6 Å². The molecule has 3 heterocycles. The van der Waals surface area contributed by atoms with Crippen molar-refractivity contribution in [3.8, 4) is 11.5 Å². The van der Waals surface area contributed by atoms with Crippen molar-refractivity contribution in [2.45, 2.75) is 18.5 Å². The molecule has 3 aromatic carbocycles. The van der Waals surface area contributed by atoms with E-state index in [-0.39, 0.29) is 5.91 Å². The van der Waals surface area contributed by atoms with Crippen molar-refractivity contribution in [2.75, 3.05) is 44.4 Å². The van der Waals surface area contributed by atoms with Crippen molar-refractivity contribution in [3.63, 3.8) is 0 Å². The Kier molecular flexibility index (Phi) is 6.69. The minimum atomic E-state index is -1.02. The first kappa shape index (κ1) is 24.7. The minimum Gasteiger partial charge on any atom is -0.486 e. The Bertz CT molecular complexity index is 1390. The van der Waals surface area contributed by atoms with Crippen molar-refractivity contribution in [1.82, 2.24) is 4.90 Å². The zero-order chi connectivity index (χ0) is 26.2. The van der Waals surface area contributed by atoms with Gasteiger partial charge in [0.2, 0.25) is 0 Å². The predicted octanol–water partition coefficient (Wildman–Crippen LogP) is 4.51. The van der Waals surface area contributed by atoms with Crippen LogP contribution in [-0.2, 0) is 16.1 Å². The highest BCUT2D eigenvalue weighted by molar-refractivity contribution is 6.31. The van der Waals surface area contributed by atoms with Crippen LogP contribution in [0.2, 0.25) is 5.02 Å². The van der Waals surface area contributed by atoms with Crippen molar-refractivity contribution < 1.29 is 28.9 Å². The zero-order valence-electron chi connectivity index (χ0n) is 20.6. The molecule has 196 valence electrons. The van der Waals surface area contributed by atoms with Crippen LogP contribution in [0.25, 0.3) is 0 Å². The van der Waals surface area contributed by atoms with E-state index in [0.29, 0.717) is 71.9 Å². The largest absolute Gasteiger partial charge is 0.486 e. The molecule has 1 fully saturated rings. The maximum Gasteiger partial charge on any atom is 0.313 e. The van der Waals surface area contributed by atoms with Gasteiger partial charge in [0.15, 0.2) is 11.5 Å². The Morgan fingerprint density at radius 1 is 0.947 bits per heavy atom. The van der Waals surface area contributed by atoms with Crippen LogP contribution in [0, 0.1) is 0 Å². The Labute approximate surface area is 225 Å². The average Bonchev–Trinajstić information content (AvgIpc) is 2.94. The summed E-state index contributed by atoms with van der Waals surface area (Å²) in [6, 6.07) is 16.9. The van der Waals surface area contributed by atoms with E-state index in [4.69, 9.17) is 25.8 Å². The van der Waals surface area contributed by atoms with Gasteiger partial charge in [-0.3, -0.25) is 19.4 Å². The third-order valence-corrected chi connectivity index (χ3v) is 7.68. The second-order valence-corrected chi connectivity index (χ2v) is 10.00. The smallest absolute Gasteiger partial charge is 0.313 e. The number of carbonyl (C=O) groups is 2. The summed E-state index contributed by atoms with van der Waals surface area (Å²) in [4.78, 5) is 30.6. The standard InChI is InChI=1S/C29H27ClN2O6/c30-23-16-20(7-5-19(23)17-31-9-11-36-12-10-31)32-27(18-6-8-24-25(15-18)38-14-13-37-24)26(29(34)35)21-3-1-2-4-22(21)28(32)33/h1-8,15-16,26-27H,9-14,17H2,(H,34,35)/t26-,27+/m1/s1. The topological polar surface area (TPSA) is 88.5 Å². The van der Waals surface area contributed by atoms with Gasteiger partial charge in [0, 0.05) is 35.9 Å². The van der Waals surface area contributed by atoms with Gasteiger partial charge in [-0.15, -0.1) is 0 Å². The minimum absolute atomic E-state index is 0.282. The predicted molar refractivity (Wildman–Crippen MR) is 141 cm³/mol. The number of benzene rings is 3. The highest BCUT2D eigenvalue weighted by atomic mass is 35.5. The quantitative estimate of drug-likeness (QED) is 0.515. The molecule has 1 amide bonds. The van der Waals surface area contributed by atoms with Crippen LogP contribution < -0.4 is 14.4 Å². The SMILES string of the molecule is O=C(O)[C@@H]1c2ccccc2C(=O)N(c2ccc(CN3CCOCC3)c(Cl)c2)[C@H]1c1ccc2c(c1)OCCO2. The van der Waals surface area contributed by atoms with Crippen LogP contribution in [0.15, 0.2) is 60.7 Å². The highest BCUT2D eigenvalue weighted by Crippen LogP contribution is 2.47. The molecule has 38 heavy (non-hydrogen) atoms. The molecular weight excluding hydrogens is 508 g/mol. The second kappa shape index (κ2) is 10.3. The summed E-state index contributed by atoms with van der Waals surface area (Å²) < 4.78 is 16.9. The van der Waals surface area contributed by atoms with Crippen molar-refractivity contribution >= 4 is 29.2 Å². The van der Waals surface area contributed by atoms with Gasteiger partial charge in [0.25, 0.3) is 5.91 Å². The fraction of sp³-hybridized carbons (Fsp3) is 0.310. The molecular formula is C29H27ClN2O6. The Morgan fingerprint density at radius 2 is 1.71 bits per heavy atom. The van der Waals surface area contributed by atoms with Gasteiger partial charge in [0.05, 0.1) is 19.3 Å². The lowest BCUT2D eigenvalue weighted by atomic mass is 9.79. The first-order valence-electron chi connectivity index (χ1n) is 12.6. The molecule has 2 atom stereocenters. The van der Waals surface area contributed by atoms with Crippen molar-refractivity contribution in [1.29, 1.82) is 0 Å². The van der Waals surface area contributed by atoms with Crippen molar-refractivity contribution in [3.05, 3.63) is 87.9 Å². The van der Waals surface area contributed by atoms with E-state index in [9.17, 15) is 14.7 Å². The number of nitrogens with zero attached hydrogens (tertiary/aromatic N) is 2. The number of aliphatic carboxylic acids is 1. The molecule has 8 nitrogen and oxygen atoms in total. The molecule has 0 aliphatic carbocycles. The van der Waals surface area contributed by atoms with E-state index in [1.54, 1.807) is 53.4 Å². The maximum absolute atomic E-state index is 14.0. The zero-order valence-corrected chi connectivity index (χ0v) is 21.4. The van der Waals surface area contributed by atoms with E-state index in [1.807, 2.05) is 12.1 Å². The lowest BCUT2D eigenvalue weighted by molar-refractivity contribution is -0.139. The van der Waals surface area contributed by atoms with E-state index in [1.165, 1.54) is 0 Å². The first-order chi connectivity index (χ1) is 18.5. The Balaban J connectivity index is 1.45. The summed E-state index contributed by atoms with van der Waals surface area (Å²) in [6.45, 7) is 4.53. The second-order valence-electron chi connectivity index (χ2n) is 9.59. The monoisotopic (exact) mass is 534 g/mol. The normalized spacial score (nSPS) is 21.2. The van der Waals surface area contributed by atoms with Crippen molar-refractivity contribution in [2.24, 2.45) is 0 Å². The van der Waals surface area contributed by atoms with Gasteiger partial charge >= 0.3 is 5.97 Å². The Hall–Kier alpha value is -3.59. The van der Waals surface area contributed by atoms with E-state index < -0.39 is 17.9 Å². The molecule has 0 spiro atoms. The van der Waals surface area contributed by atoms with Crippen LogP contribution in [0.4, 0.5) is 5.69 Å². The number of carboxylic acids is 1. The summed E-state index contributed by atoms with van der Waals surface area (Å²) in [5, 5.41) is 11.0. The van der Waals surface area contributed by atoms with E-state index in [0.717, 1.165) is 18.7 Å². The summed E-state index contributed by atoms with van der Waals surface area (Å²) in [6.07, 6.45) is 0. The summed E-state index contributed by atoms with van der Waals surface area (Å²) in [5.41, 5.74) is 2.95. The van der Waals surface area contributed by atoms with Gasteiger partial charge in [-0.2, -0.15) is 0 Å². The third-order valence-electron chi connectivity index (χ3n) is 7.33. The third kappa shape index (κ3) is 4.49. The number of amides is 1. The number of halogens is 1. The van der Waals surface area contributed by atoms with Gasteiger partial charge in [-0.25, -0.2) is 0 Å². The molecule has 1 saturated heterocycles. The lowest BCUT2D eigenvalue weighted by Gasteiger charge is -2.41. The molecule has 1 N–H and O–H groups in total. The fourth-order valence-electron chi connectivity index (χ4n) is 5.48. The molecule has 0 bridgehead atoms. The number of carbonyl (C=O) groups excluding carboxylic acids is 1. The summed E-state index contributed by atoms with van der Waals surface area (Å²) in [7, 11) is 0. The lowest BCUT2D eigenvalue weighted by Crippen LogP contribution is -2.45. The summed E-state index contributed by atoms with van der Waals surface area (Å²) >= 11 is 6.75. The number of ether oxygens (including phenoxy) is 3. The molecule has 3 aliphatic rings. The molecule has 0 unspecified atom stereocenters. The van der Waals surface area contributed by atoms with Gasteiger partial charge in [0.1, 0.15) is 19.1 Å². The summed E-state index contributed by atoms with van der Waals surface area (Å²) in [5.74, 6) is -1.18. The van der Waals surface area contributed by atoms with Crippen LogP contribution in [-0.4, -0.2) is 61.4 Å². The molecule has 0 saturated carbocycles. The molecule has 6 rings (SSSR count). The molecule has 3 aromatic rings. The molecule has 9 heteroatoms. The number of morpholine rings is 1. The number of hydrogen-bond donors (Lipinski definition) is 1. The van der Waals surface area contributed by atoms with Gasteiger partial charge in [-0.05, 0) is 47.0 Å². The maximum atomic E-state index is 14.0. The van der Waals surface area contributed by atoms with Crippen LogP contribution in [0.3, 0.4) is 0 Å². The van der Waals surface area contributed by atoms with Crippen LogP contribution in [0.5, 0.6) is 11.5 Å². The van der Waals surface area contributed by atoms with E-state index in [2.05, 4.69) is 4.90 Å². The molecule has 0 radical (unpaired) electrons.